The molecule has 1 aromatic carbocycles. The van der Waals surface area contributed by atoms with Crippen LogP contribution in [0.3, 0.4) is 0 Å². The molecule has 4 rings (SSSR count). The molecule has 4 aromatic rings. The van der Waals surface area contributed by atoms with Crippen LogP contribution in [-0.4, -0.2) is 46.9 Å². The number of alkyl halides is 3. The van der Waals surface area contributed by atoms with Crippen LogP contribution in [0.15, 0.2) is 53.4 Å². The van der Waals surface area contributed by atoms with Gasteiger partial charge in [0.25, 0.3) is 0 Å². The molecule has 0 saturated carbocycles. The fourth-order valence-electron chi connectivity index (χ4n) is 3.89. The van der Waals surface area contributed by atoms with E-state index in [9.17, 15) is 13.2 Å². The zero-order valence-corrected chi connectivity index (χ0v) is 24.0. The second-order valence-electron chi connectivity index (χ2n) is 10.8. The summed E-state index contributed by atoms with van der Waals surface area (Å²) in [7, 11) is -0.699. The van der Waals surface area contributed by atoms with E-state index in [1.165, 1.54) is 19.5 Å². The quantitative estimate of drug-likeness (QED) is 0.210. The number of nitrogens with zero attached hydrogens (tertiary/aromatic N) is 5. The summed E-state index contributed by atoms with van der Waals surface area (Å²) in [5, 5.41) is 8.22. The molecule has 3 aromatic heterocycles. The number of hydrogen-bond donors (Lipinski definition) is 0. The summed E-state index contributed by atoms with van der Waals surface area (Å²) in [5.41, 5.74) is -0.250. The predicted octanol–water partition coefficient (Wildman–Crippen LogP) is 7.27. The van der Waals surface area contributed by atoms with Crippen LogP contribution < -0.4 is 4.74 Å². The van der Waals surface area contributed by atoms with E-state index < -0.39 is 26.2 Å². The maximum atomic E-state index is 14.6. The lowest BCUT2D eigenvalue weighted by atomic mass is 10.0. The summed E-state index contributed by atoms with van der Waals surface area (Å²) >= 11 is 0. The van der Waals surface area contributed by atoms with Gasteiger partial charge in [0.05, 0.1) is 37.1 Å². The summed E-state index contributed by atoms with van der Waals surface area (Å²) in [6, 6.07) is 7.93. The van der Waals surface area contributed by atoms with Gasteiger partial charge >= 0.3 is 6.18 Å². The smallest absolute Gasteiger partial charge is 0.433 e. The highest BCUT2D eigenvalue weighted by Gasteiger charge is 2.43. The zero-order chi connectivity index (χ0) is 28.6. The Kier molecular flexibility index (Phi) is 7.72. The van der Waals surface area contributed by atoms with E-state index in [2.05, 4.69) is 54.1 Å². The first-order chi connectivity index (χ1) is 18.3. The minimum absolute atomic E-state index is 0.0816. The number of rotatable bonds is 8. The topological polar surface area (TPSA) is 88.1 Å². The standard InChI is InChI=1S/C27H32F3N5O3Si/c1-17(16-37-39(6,7)26(2,3)4)35-24(27(28,29)30)19(15-33-35)23-21(25-31-13-10-14-32-25)22(34-38-23)18-11-8-9-12-20(18)36-5/h8-15,17H,16H2,1-7H3/t17-/m1/s1. The molecular formula is C27H32F3N5O3Si. The predicted molar refractivity (Wildman–Crippen MR) is 144 cm³/mol. The third kappa shape index (κ3) is 5.62. The van der Waals surface area contributed by atoms with Crippen LogP contribution in [0, 0.1) is 0 Å². The Bertz CT molecular complexity index is 1430. The molecule has 0 unspecified atom stereocenters. The molecule has 39 heavy (non-hydrogen) atoms. The molecule has 0 fully saturated rings. The van der Waals surface area contributed by atoms with Gasteiger partial charge in [0, 0.05) is 18.0 Å². The third-order valence-electron chi connectivity index (χ3n) is 7.06. The van der Waals surface area contributed by atoms with E-state index >= 15 is 0 Å². The fourth-order valence-corrected chi connectivity index (χ4v) is 4.99. The summed E-state index contributed by atoms with van der Waals surface area (Å²) in [5.74, 6) is 0.487. The molecule has 0 spiro atoms. The van der Waals surface area contributed by atoms with Crippen molar-refractivity contribution in [3.05, 3.63) is 54.6 Å². The maximum Gasteiger partial charge on any atom is 0.433 e. The number of methoxy groups -OCH3 is 1. The van der Waals surface area contributed by atoms with E-state index in [1.807, 2.05) is 0 Å². The van der Waals surface area contributed by atoms with Crippen molar-refractivity contribution in [3.63, 3.8) is 0 Å². The highest BCUT2D eigenvalue weighted by molar-refractivity contribution is 6.74. The molecule has 0 bridgehead atoms. The van der Waals surface area contributed by atoms with Crippen LogP contribution >= 0.6 is 0 Å². The van der Waals surface area contributed by atoms with Crippen LogP contribution in [0.25, 0.3) is 34.0 Å². The van der Waals surface area contributed by atoms with E-state index in [0.29, 0.717) is 11.3 Å². The second kappa shape index (κ2) is 10.6. The average molecular weight is 560 g/mol. The monoisotopic (exact) mass is 559 g/mol. The number of para-hydroxylation sites is 1. The van der Waals surface area contributed by atoms with Crippen molar-refractivity contribution in [3.8, 4) is 39.7 Å². The van der Waals surface area contributed by atoms with Crippen LogP contribution in [-0.2, 0) is 10.6 Å². The Morgan fingerprint density at radius 3 is 2.31 bits per heavy atom. The number of halogens is 3. The van der Waals surface area contributed by atoms with Crippen molar-refractivity contribution >= 4 is 8.32 Å². The molecule has 3 heterocycles. The van der Waals surface area contributed by atoms with Gasteiger partial charge in [-0.15, -0.1) is 0 Å². The van der Waals surface area contributed by atoms with Gasteiger partial charge in [0.1, 0.15) is 11.4 Å². The van der Waals surface area contributed by atoms with Crippen LogP contribution in [0.4, 0.5) is 13.2 Å². The van der Waals surface area contributed by atoms with Gasteiger partial charge in [-0.1, -0.05) is 38.1 Å². The van der Waals surface area contributed by atoms with Gasteiger partial charge in [0.2, 0.25) is 0 Å². The minimum Gasteiger partial charge on any atom is -0.496 e. The molecule has 0 aliphatic carbocycles. The first-order valence-electron chi connectivity index (χ1n) is 12.5. The van der Waals surface area contributed by atoms with Crippen LogP contribution in [0.5, 0.6) is 5.75 Å². The summed E-state index contributed by atoms with van der Waals surface area (Å²) in [6.07, 6.45) is -0.604. The molecule has 8 nitrogen and oxygen atoms in total. The molecular weight excluding hydrogens is 527 g/mol. The number of benzene rings is 1. The van der Waals surface area contributed by atoms with Gasteiger partial charge in [-0.3, -0.25) is 4.68 Å². The number of hydrogen-bond acceptors (Lipinski definition) is 7. The van der Waals surface area contributed by atoms with E-state index in [-0.39, 0.29) is 40.1 Å². The van der Waals surface area contributed by atoms with Gasteiger partial charge in [-0.25, -0.2) is 9.97 Å². The van der Waals surface area contributed by atoms with Gasteiger partial charge in [-0.2, -0.15) is 18.3 Å². The Balaban J connectivity index is 1.86. The summed E-state index contributed by atoms with van der Waals surface area (Å²) < 4.78 is 62.1. The molecule has 0 radical (unpaired) electrons. The Morgan fingerprint density at radius 1 is 1.03 bits per heavy atom. The SMILES string of the molecule is COc1ccccc1-c1noc(-c2cnn([C@H](C)CO[Si](C)(C)C(C)(C)C)c2C(F)(F)F)c1-c1ncccn1. The van der Waals surface area contributed by atoms with Crippen molar-refractivity contribution in [1.82, 2.24) is 24.9 Å². The molecule has 1 atom stereocenters. The highest BCUT2D eigenvalue weighted by atomic mass is 28.4. The first kappa shape index (κ1) is 28.5. The zero-order valence-electron chi connectivity index (χ0n) is 23.0. The molecule has 0 aliphatic heterocycles. The Labute approximate surface area is 226 Å². The van der Waals surface area contributed by atoms with E-state index in [1.54, 1.807) is 37.3 Å². The molecule has 0 saturated heterocycles. The average Bonchev–Trinajstić information content (AvgIpc) is 3.52. The summed E-state index contributed by atoms with van der Waals surface area (Å²) in [4.78, 5) is 8.57. The fraction of sp³-hybridized carbons (Fsp3) is 0.407. The lowest BCUT2D eigenvalue weighted by Crippen LogP contribution is -2.42. The van der Waals surface area contributed by atoms with Gasteiger partial charge < -0.3 is 13.7 Å². The lowest BCUT2D eigenvalue weighted by molar-refractivity contribution is -0.144. The Hall–Kier alpha value is -3.51. The largest absolute Gasteiger partial charge is 0.496 e. The molecule has 0 aliphatic rings. The second-order valence-corrected chi connectivity index (χ2v) is 15.6. The van der Waals surface area contributed by atoms with Gasteiger partial charge in [-0.05, 0) is 43.3 Å². The summed E-state index contributed by atoms with van der Waals surface area (Å²) in [6.45, 7) is 12.1. The normalized spacial score (nSPS) is 13.5. The highest BCUT2D eigenvalue weighted by Crippen LogP contribution is 2.46. The Morgan fingerprint density at radius 2 is 1.69 bits per heavy atom. The number of ether oxygens (including phenoxy) is 1. The van der Waals surface area contributed by atoms with Crippen molar-refractivity contribution in [2.45, 2.75) is 58.0 Å². The van der Waals surface area contributed by atoms with Crippen LogP contribution in [0.2, 0.25) is 18.1 Å². The molecule has 12 heteroatoms. The minimum atomic E-state index is -4.75. The first-order valence-corrected chi connectivity index (χ1v) is 15.4. The van der Waals surface area contributed by atoms with Crippen molar-refractivity contribution in [2.24, 2.45) is 0 Å². The maximum absolute atomic E-state index is 14.6. The van der Waals surface area contributed by atoms with Crippen molar-refractivity contribution in [2.75, 3.05) is 13.7 Å². The van der Waals surface area contributed by atoms with E-state index in [4.69, 9.17) is 13.7 Å². The number of aromatic nitrogens is 5. The van der Waals surface area contributed by atoms with E-state index in [0.717, 1.165) is 10.9 Å². The lowest BCUT2D eigenvalue weighted by Gasteiger charge is -2.37. The van der Waals surface area contributed by atoms with Crippen molar-refractivity contribution < 1.29 is 26.9 Å². The van der Waals surface area contributed by atoms with Crippen molar-refractivity contribution in [1.29, 1.82) is 0 Å². The molecule has 0 amide bonds. The van der Waals surface area contributed by atoms with Gasteiger partial charge in [0.15, 0.2) is 25.6 Å². The molecule has 208 valence electrons. The van der Waals surface area contributed by atoms with Crippen LogP contribution in [0.1, 0.15) is 39.4 Å². The third-order valence-corrected chi connectivity index (χ3v) is 11.6. The molecule has 0 N–H and O–H groups in total.